The first kappa shape index (κ1) is 13.0. The van der Waals surface area contributed by atoms with Crippen molar-refractivity contribution in [3.63, 3.8) is 0 Å². The monoisotopic (exact) mass is 292 g/mol. The fourth-order valence-electron chi connectivity index (χ4n) is 3.23. The molecule has 0 atom stereocenters. The number of hydrogen-bond donors (Lipinski definition) is 1. The van der Waals surface area contributed by atoms with E-state index < -0.39 is 0 Å². The molecule has 6 nitrogen and oxygen atoms in total. The van der Waals surface area contributed by atoms with E-state index in [1.807, 2.05) is 23.1 Å². The SMILES string of the molecule is N#C[C@H]1CC[C@@H](n2cc(-c3ncnc4[nH]ccc34)cn2)CC1. The van der Waals surface area contributed by atoms with Crippen molar-refractivity contribution in [3.8, 4) is 17.3 Å². The Bertz CT molecular complexity index is 832. The number of hydrogen-bond acceptors (Lipinski definition) is 4. The Morgan fingerprint density at radius 3 is 2.91 bits per heavy atom. The van der Waals surface area contributed by atoms with Crippen molar-refractivity contribution in [2.24, 2.45) is 5.92 Å². The van der Waals surface area contributed by atoms with Crippen LogP contribution in [0.5, 0.6) is 0 Å². The molecule has 1 N–H and O–H groups in total. The van der Waals surface area contributed by atoms with E-state index in [0.29, 0.717) is 6.04 Å². The van der Waals surface area contributed by atoms with Gasteiger partial charge in [0.2, 0.25) is 0 Å². The number of aromatic nitrogens is 5. The van der Waals surface area contributed by atoms with Gasteiger partial charge in [-0.05, 0) is 31.7 Å². The molecule has 6 heteroatoms. The Hall–Kier alpha value is -2.68. The van der Waals surface area contributed by atoms with Gasteiger partial charge >= 0.3 is 0 Å². The van der Waals surface area contributed by atoms with E-state index in [2.05, 4.69) is 32.3 Å². The molecule has 1 aliphatic rings. The second-order valence-corrected chi connectivity index (χ2v) is 5.81. The lowest BCUT2D eigenvalue weighted by atomic mass is 9.87. The summed E-state index contributed by atoms with van der Waals surface area (Å²) in [7, 11) is 0. The molecule has 0 unspecified atom stereocenters. The van der Waals surface area contributed by atoms with Crippen LogP contribution in [0.4, 0.5) is 0 Å². The van der Waals surface area contributed by atoms with Crippen LogP contribution in [-0.2, 0) is 0 Å². The number of aromatic amines is 1. The Morgan fingerprint density at radius 1 is 1.23 bits per heavy atom. The molecular formula is C16H16N6. The predicted molar refractivity (Wildman–Crippen MR) is 81.7 cm³/mol. The van der Waals surface area contributed by atoms with E-state index in [-0.39, 0.29) is 5.92 Å². The molecule has 0 amide bonds. The van der Waals surface area contributed by atoms with Crippen molar-refractivity contribution in [2.45, 2.75) is 31.7 Å². The Kier molecular flexibility index (Phi) is 3.11. The first-order valence-corrected chi connectivity index (χ1v) is 7.57. The van der Waals surface area contributed by atoms with E-state index in [0.717, 1.165) is 48.0 Å². The van der Waals surface area contributed by atoms with Crippen LogP contribution in [0.25, 0.3) is 22.3 Å². The summed E-state index contributed by atoms with van der Waals surface area (Å²) in [4.78, 5) is 11.7. The fourth-order valence-corrected chi connectivity index (χ4v) is 3.23. The van der Waals surface area contributed by atoms with Crippen molar-refractivity contribution in [1.29, 1.82) is 5.26 Å². The van der Waals surface area contributed by atoms with Gasteiger partial charge in [0.15, 0.2) is 0 Å². The minimum absolute atomic E-state index is 0.215. The van der Waals surface area contributed by atoms with E-state index >= 15 is 0 Å². The van der Waals surface area contributed by atoms with Gasteiger partial charge in [0, 0.05) is 29.3 Å². The van der Waals surface area contributed by atoms with Gasteiger partial charge in [-0.15, -0.1) is 0 Å². The zero-order valence-corrected chi connectivity index (χ0v) is 12.1. The van der Waals surface area contributed by atoms with Crippen LogP contribution in [0, 0.1) is 17.2 Å². The average Bonchev–Trinajstić information content (AvgIpc) is 3.24. The van der Waals surface area contributed by atoms with Gasteiger partial charge in [-0.3, -0.25) is 4.68 Å². The molecule has 0 aliphatic heterocycles. The summed E-state index contributed by atoms with van der Waals surface area (Å²) < 4.78 is 2.03. The second kappa shape index (κ2) is 5.26. The zero-order valence-electron chi connectivity index (χ0n) is 12.1. The summed E-state index contributed by atoms with van der Waals surface area (Å²) in [6.07, 6.45) is 11.3. The lowest BCUT2D eigenvalue weighted by Gasteiger charge is -2.24. The quantitative estimate of drug-likeness (QED) is 0.786. The summed E-state index contributed by atoms with van der Waals surface area (Å²) in [5, 5.41) is 14.5. The molecule has 1 fully saturated rings. The first-order chi connectivity index (χ1) is 10.8. The molecule has 3 aromatic heterocycles. The number of nitrogens with one attached hydrogen (secondary N) is 1. The smallest absolute Gasteiger partial charge is 0.141 e. The lowest BCUT2D eigenvalue weighted by Crippen LogP contribution is -2.17. The third kappa shape index (κ3) is 2.15. The van der Waals surface area contributed by atoms with E-state index in [1.165, 1.54) is 0 Å². The molecule has 3 heterocycles. The van der Waals surface area contributed by atoms with Gasteiger partial charge < -0.3 is 4.98 Å². The largest absolute Gasteiger partial charge is 0.346 e. The molecule has 0 aromatic carbocycles. The summed E-state index contributed by atoms with van der Waals surface area (Å²) in [6.45, 7) is 0. The maximum atomic E-state index is 8.99. The molecule has 1 saturated carbocycles. The molecular weight excluding hydrogens is 276 g/mol. The number of nitriles is 1. The highest BCUT2D eigenvalue weighted by molar-refractivity contribution is 5.89. The highest BCUT2D eigenvalue weighted by atomic mass is 15.3. The van der Waals surface area contributed by atoms with Gasteiger partial charge in [-0.25, -0.2) is 9.97 Å². The topological polar surface area (TPSA) is 83.2 Å². The van der Waals surface area contributed by atoms with Gasteiger partial charge in [-0.1, -0.05) is 0 Å². The number of H-pyrrole nitrogens is 1. The van der Waals surface area contributed by atoms with Crippen molar-refractivity contribution < 1.29 is 0 Å². The minimum Gasteiger partial charge on any atom is -0.346 e. The average molecular weight is 292 g/mol. The van der Waals surface area contributed by atoms with Gasteiger partial charge in [0.25, 0.3) is 0 Å². The van der Waals surface area contributed by atoms with Gasteiger partial charge in [0.05, 0.1) is 24.0 Å². The Morgan fingerprint density at radius 2 is 2.09 bits per heavy atom. The molecule has 0 radical (unpaired) electrons. The molecule has 3 aromatic rings. The number of rotatable bonds is 2. The van der Waals surface area contributed by atoms with Gasteiger partial charge in [0.1, 0.15) is 12.0 Å². The molecule has 110 valence electrons. The van der Waals surface area contributed by atoms with Crippen LogP contribution in [0.3, 0.4) is 0 Å². The Balaban J connectivity index is 1.62. The van der Waals surface area contributed by atoms with Crippen LogP contribution in [0.2, 0.25) is 0 Å². The van der Waals surface area contributed by atoms with E-state index in [1.54, 1.807) is 6.33 Å². The highest BCUT2D eigenvalue weighted by Gasteiger charge is 2.23. The summed E-state index contributed by atoms with van der Waals surface area (Å²) in [5.41, 5.74) is 2.75. The van der Waals surface area contributed by atoms with Crippen molar-refractivity contribution in [3.05, 3.63) is 31.0 Å². The third-order valence-electron chi connectivity index (χ3n) is 4.48. The van der Waals surface area contributed by atoms with Crippen molar-refractivity contribution in [2.75, 3.05) is 0 Å². The fraction of sp³-hybridized carbons (Fsp3) is 0.375. The molecule has 0 bridgehead atoms. The summed E-state index contributed by atoms with van der Waals surface area (Å²) in [6, 6.07) is 4.75. The standard InChI is InChI=1S/C16H16N6/c17-7-11-1-3-13(4-2-11)22-9-12(8-21-22)15-14-5-6-18-16(14)20-10-19-15/h5-6,8-11,13H,1-4H2,(H,18,19,20)/t11-,13+. The molecule has 0 spiro atoms. The molecule has 22 heavy (non-hydrogen) atoms. The maximum Gasteiger partial charge on any atom is 0.141 e. The van der Waals surface area contributed by atoms with Crippen LogP contribution >= 0.6 is 0 Å². The van der Waals surface area contributed by atoms with E-state index in [9.17, 15) is 0 Å². The Labute approximate surface area is 127 Å². The lowest BCUT2D eigenvalue weighted by molar-refractivity contribution is 0.294. The maximum absolute atomic E-state index is 8.99. The van der Waals surface area contributed by atoms with Crippen LogP contribution in [-0.4, -0.2) is 24.7 Å². The van der Waals surface area contributed by atoms with Crippen molar-refractivity contribution >= 4 is 11.0 Å². The molecule has 0 saturated heterocycles. The predicted octanol–water partition coefficient (Wildman–Crippen LogP) is 3.08. The molecule has 1 aliphatic carbocycles. The molecule has 4 rings (SSSR count). The zero-order chi connectivity index (χ0) is 14.9. The second-order valence-electron chi connectivity index (χ2n) is 5.81. The van der Waals surface area contributed by atoms with Crippen LogP contribution in [0.1, 0.15) is 31.7 Å². The minimum atomic E-state index is 0.215. The normalized spacial score (nSPS) is 21.8. The van der Waals surface area contributed by atoms with Crippen LogP contribution in [0.15, 0.2) is 31.0 Å². The van der Waals surface area contributed by atoms with Crippen molar-refractivity contribution in [1.82, 2.24) is 24.7 Å². The summed E-state index contributed by atoms with van der Waals surface area (Å²) in [5.74, 6) is 0.215. The number of fused-ring (bicyclic) bond motifs is 1. The van der Waals surface area contributed by atoms with E-state index in [4.69, 9.17) is 5.26 Å². The highest BCUT2D eigenvalue weighted by Crippen LogP contribution is 2.33. The van der Waals surface area contributed by atoms with Gasteiger partial charge in [-0.2, -0.15) is 10.4 Å². The number of nitrogens with zero attached hydrogens (tertiary/aromatic N) is 5. The first-order valence-electron chi connectivity index (χ1n) is 7.57. The third-order valence-corrected chi connectivity index (χ3v) is 4.48. The summed E-state index contributed by atoms with van der Waals surface area (Å²) >= 11 is 0. The van der Waals surface area contributed by atoms with Crippen LogP contribution < -0.4 is 0 Å².